The average molecular weight is 158 g/mol. The van der Waals surface area contributed by atoms with Gasteiger partial charge in [-0.1, -0.05) is 0 Å². The van der Waals surface area contributed by atoms with Gasteiger partial charge in [0, 0.05) is 6.07 Å². The summed E-state index contributed by atoms with van der Waals surface area (Å²) in [6.07, 6.45) is 0. The molecule has 6 heteroatoms. The van der Waals surface area contributed by atoms with Gasteiger partial charge in [-0.15, -0.1) is 0 Å². The van der Waals surface area contributed by atoms with Gasteiger partial charge in [-0.2, -0.15) is 0 Å². The topological polar surface area (TPSA) is 86.7 Å². The molecule has 0 aliphatic carbocycles. The fraction of sp³-hybridized carbons (Fsp3) is 0. The van der Waals surface area contributed by atoms with E-state index in [0.29, 0.717) is 5.82 Å². The second-order valence-electron chi connectivity index (χ2n) is 1.65. The first-order valence-electron chi connectivity index (χ1n) is 2.52. The summed E-state index contributed by atoms with van der Waals surface area (Å²) < 4.78 is 0.250. The van der Waals surface area contributed by atoms with Crippen molar-refractivity contribution < 1.29 is 0 Å². The van der Waals surface area contributed by atoms with Crippen molar-refractivity contribution in [1.29, 1.82) is 0 Å². The molecule has 1 aromatic heterocycles. The van der Waals surface area contributed by atoms with Crippen molar-refractivity contribution in [3.05, 3.63) is 21.2 Å². The number of aromatic amines is 2. The van der Waals surface area contributed by atoms with E-state index in [2.05, 4.69) is 27.6 Å². The summed E-state index contributed by atoms with van der Waals surface area (Å²) in [4.78, 5) is 15.6. The van der Waals surface area contributed by atoms with Crippen LogP contribution in [0.3, 0.4) is 0 Å². The van der Waals surface area contributed by atoms with Crippen molar-refractivity contribution in [1.82, 2.24) is 9.97 Å². The van der Waals surface area contributed by atoms with Gasteiger partial charge in [-0.25, -0.2) is 5.84 Å². The number of hydrogen-bond donors (Lipinski definition) is 4. The van der Waals surface area contributed by atoms with Crippen molar-refractivity contribution in [3.63, 3.8) is 0 Å². The summed E-state index contributed by atoms with van der Waals surface area (Å²) in [6, 6.07) is 1.27. The van der Waals surface area contributed by atoms with Crippen LogP contribution in [0.5, 0.6) is 0 Å². The standard InChI is InChI=1S/C4H6N4OS/c5-8-2-1-3(9)7-4(10)6-2/h1H,5H2,(H3,6,7,8,9,10). The molecule has 0 radical (unpaired) electrons. The number of nitrogens with one attached hydrogen (secondary N) is 3. The smallest absolute Gasteiger partial charge is 0.253 e. The Kier molecular flexibility index (Phi) is 1.83. The quantitative estimate of drug-likeness (QED) is 0.257. The fourth-order valence-electron chi connectivity index (χ4n) is 0.546. The molecular formula is C4H6N4OS. The third-order valence-electron chi connectivity index (χ3n) is 0.916. The van der Waals surface area contributed by atoms with Gasteiger partial charge in [0.05, 0.1) is 0 Å². The Bertz CT molecular complexity index is 298. The number of aromatic nitrogens is 2. The molecular weight excluding hydrogens is 152 g/mol. The van der Waals surface area contributed by atoms with Gasteiger partial charge in [-0.3, -0.25) is 9.78 Å². The zero-order valence-corrected chi connectivity index (χ0v) is 5.79. The number of hydrogen-bond acceptors (Lipinski definition) is 4. The van der Waals surface area contributed by atoms with Gasteiger partial charge >= 0.3 is 0 Å². The van der Waals surface area contributed by atoms with E-state index in [1.807, 2.05) is 0 Å². The van der Waals surface area contributed by atoms with Gasteiger partial charge < -0.3 is 10.4 Å². The summed E-state index contributed by atoms with van der Waals surface area (Å²) in [5, 5.41) is 0. The molecule has 0 amide bonds. The van der Waals surface area contributed by atoms with Gasteiger partial charge in [0.25, 0.3) is 5.56 Å². The number of nitrogens with two attached hydrogens (primary N) is 1. The molecule has 0 aliphatic rings. The van der Waals surface area contributed by atoms with Crippen LogP contribution in [-0.2, 0) is 0 Å². The summed E-state index contributed by atoms with van der Waals surface area (Å²) in [6.45, 7) is 0. The summed E-state index contributed by atoms with van der Waals surface area (Å²) in [7, 11) is 0. The molecule has 1 rings (SSSR count). The predicted molar refractivity (Wildman–Crippen MR) is 40.1 cm³/mol. The molecule has 54 valence electrons. The van der Waals surface area contributed by atoms with Crippen molar-refractivity contribution in [2.45, 2.75) is 0 Å². The minimum Gasteiger partial charge on any atom is -0.318 e. The number of anilines is 1. The number of rotatable bonds is 1. The highest BCUT2D eigenvalue weighted by Gasteiger charge is 1.88. The maximum Gasteiger partial charge on any atom is 0.253 e. The van der Waals surface area contributed by atoms with Gasteiger partial charge in [0.1, 0.15) is 5.82 Å². The second-order valence-corrected chi connectivity index (χ2v) is 2.05. The highest BCUT2D eigenvalue weighted by atomic mass is 32.1. The van der Waals surface area contributed by atoms with E-state index in [1.165, 1.54) is 6.07 Å². The Morgan fingerprint density at radius 3 is 2.80 bits per heavy atom. The normalized spacial score (nSPS) is 9.30. The Hall–Kier alpha value is -1.14. The van der Waals surface area contributed by atoms with E-state index in [4.69, 9.17) is 5.84 Å². The van der Waals surface area contributed by atoms with Crippen LogP contribution in [0.4, 0.5) is 5.82 Å². The second kappa shape index (κ2) is 2.63. The Labute approximate surface area is 61.3 Å². The molecule has 0 bridgehead atoms. The van der Waals surface area contributed by atoms with Crippen LogP contribution in [0.25, 0.3) is 0 Å². The van der Waals surface area contributed by atoms with Crippen LogP contribution in [0.1, 0.15) is 0 Å². The van der Waals surface area contributed by atoms with E-state index in [1.54, 1.807) is 0 Å². The minimum absolute atomic E-state index is 0.250. The molecule has 5 nitrogen and oxygen atoms in total. The zero-order valence-electron chi connectivity index (χ0n) is 4.97. The van der Waals surface area contributed by atoms with Crippen molar-refractivity contribution in [2.75, 3.05) is 5.43 Å². The van der Waals surface area contributed by atoms with Gasteiger partial charge in [0.2, 0.25) is 0 Å². The molecule has 0 aromatic carbocycles. The lowest BCUT2D eigenvalue weighted by Crippen LogP contribution is -2.14. The van der Waals surface area contributed by atoms with Crippen molar-refractivity contribution >= 4 is 18.0 Å². The van der Waals surface area contributed by atoms with Crippen LogP contribution in [0.2, 0.25) is 0 Å². The van der Waals surface area contributed by atoms with Crippen LogP contribution >= 0.6 is 12.2 Å². The zero-order chi connectivity index (χ0) is 7.56. The molecule has 0 aliphatic heterocycles. The van der Waals surface area contributed by atoms with E-state index in [0.717, 1.165) is 0 Å². The van der Waals surface area contributed by atoms with E-state index in [-0.39, 0.29) is 10.3 Å². The maximum absolute atomic E-state index is 10.6. The third kappa shape index (κ3) is 1.42. The molecule has 0 spiro atoms. The van der Waals surface area contributed by atoms with Gasteiger partial charge in [-0.05, 0) is 12.2 Å². The molecule has 0 fully saturated rings. The Morgan fingerprint density at radius 2 is 2.30 bits per heavy atom. The predicted octanol–water partition coefficient (Wildman–Crippen LogP) is -0.282. The lowest BCUT2D eigenvalue weighted by atomic mass is 10.6. The number of nitrogen functional groups attached to an aromatic ring is 1. The Morgan fingerprint density at radius 1 is 1.60 bits per heavy atom. The van der Waals surface area contributed by atoms with Gasteiger partial charge in [0.15, 0.2) is 4.77 Å². The average Bonchev–Trinajstić information content (AvgIpc) is 1.85. The largest absolute Gasteiger partial charge is 0.318 e. The highest BCUT2D eigenvalue weighted by molar-refractivity contribution is 7.71. The van der Waals surface area contributed by atoms with Crippen LogP contribution in [0.15, 0.2) is 10.9 Å². The van der Waals surface area contributed by atoms with Crippen LogP contribution in [0, 0.1) is 4.77 Å². The summed E-state index contributed by atoms with van der Waals surface area (Å²) in [5.41, 5.74) is 1.99. The van der Waals surface area contributed by atoms with E-state index >= 15 is 0 Å². The maximum atomic E-state index is 10.6. The molecule has 0 saturated heterocycles. The first-order chi connectivity index (χ1) is 4.72. The molecule has 5 N–H and O–H groups in total. The molecule has 1 heterocycles. The lowest BCUT2D eigenvalue weighted by molar-refractivity contribution is 1.07. The molecule has 0 unspecified atom stereocenters. The molecule has 0 atom stereocenters. The first-order valence-corrected chi connectivity index (χ1v) is 2.93. The molecule has 0 saturated carbocycles. The van der Waals surface area contributed by atoms with Crippen LogP contribution in [-0.4, -0.2) is 9.97 Å². The summed E-state index contributed by atoms with van der Waals surface area (Å²) >= 11 is 4.65. The first kappa shape index (κ1) is 6.97. The fourth-order valence-corrected chi connectivity index (χ4v) is 0.757. The number of H-pyrrole nitrogens is 2. The number of hydrazine groups is 1. The van der Waals surface area contributed by atoms with Crippen LogP contribution < -0.4 is 16.8 Å². The van der Waals surface area contributed by atoms with Crippen molar-refractivity contribution in [3.8, 4) is 0 Å². The Balaban J connectivity index is 3.33. The monoisotopic (exact) mass is 158 g/mol. The summed E-state index contributed by atoms with van der Waals surface area (Å²) in [5.74, 6) is 5.40. The highest BCUT2D eigenvalue weighted by Crippen LogP contribution is 1.90. The van der Waals surface area contributed by atoms with Crippen molar-refractivity contribution in [2.24, 2.45) is 5.84 Å². The third-order valence-corrected chi connectivity index (χ3v) is 1.12. The lowest BCUT2D eigenvalue weighted by Gasteiger charge is -1.95. The SMILES string of the molecule is NNc1cc(=O)[nH]c(=S)[nH]1. The van der Waals surface area contributed by atoms with E-state index < -0.39 is 0 Å². The van der Waals surface area contributed by atoms with E-state index in [9.17, 15) is 4.79 Å². The molecule has 10 heavy (non-hydrogen) atoms. The minimum atomic E-state index is -0.281. The molecule has 1 aromatic rings.